The molecule has 4 nitrogen and oxygen atoms in total. The van der Waals surface area contributed by atoms with Gasteiger partial charge in [0.25, 0.3) is 0 Å². The molecule has 92 valence electrons. The van der Waals surface area contributed by atoms with Gasteiger partial charge in [-0.3, -0.25) is 9.59 Å². The number of Topliss-reactive ketones (excluding diaryl/α,β-unsaturated/α-hetero) is 1. The molecule has 2 atom stereocenters. The second-order valence-electron chi connectivity index (χ2n) is 4.02. The first-order valence-electron chi connectivity index (χ1n) is 5.64. The maximum absolute atomic E-state index is 12.1. The Kier molecular flexibility index (Phi) is 4.84. The minimum atomic E-state index is -1.07. The molecule has 0 aliphatic carbocycles. The fourth-order valence-electron chi connectivity index (χ4n) is 1.70. The number of rotatable bonds is 6. The van der Waals surface area contributed by atoms with Crippen molar-refractivity contribution in [1.82, 2.24) is 0 Å². The van der Waals surface area contributed by atoms with E-state index in [1.807, 2.05) is 13.0 Å². The lowest BCUT2D eigenvalue weighted by atomic mass is 9.89. The van der Waals surface area contributed by atoms with Gasteiger partial charge in [0.05, 0.1) is 0 Å². The summed E-state index contributed by atoms with van der Waals surface area (Å²) in [5.74, 6) is -1.43. The van der Waals surface area contributed by atoms with Crippen LogP contribution in [0.2, 0.25) is 0 Å². The fourth-order valence-corrected chi connectivity index (χ4v) is 1.70. The molecule has 17 heavy (non-hydrogen) atoms. The van der Waals surface area contributed by atoms with Crippen LogP contribution >= 0.6 is 0 Å². The van der Waals surface area contributed by atoms with Crippen molar-refractivity contribution < 1.29 is 14.7 Å². The number of carboxylic acids is 1. The lowest BCUT2D eigenvalue weighted by Crippen LogP contribution is -2.34. The van der Waals surface area contributed by atoms with Gasteiger partial charge in [0, 0.05) is 11.5 Å². The van der Waals surface area contributed by atoms with Gasteiger partial charge >= 0.3 is 5.97 Å². The molecule has 0 spiro atoms. The number of nitrogens with two attached hydrogens (primary N) is 1. The van der Waals surface area contributed by atoms with Crippen molar-refractivity contribution in [1.29, 1.82) is 0 Å². The maximum atomic E-state index is 12.1. The highest BCUT2D eigenvalue weighted by atomic mass is 16.4. The average molecular weight is 235 g/mol. The molecule has 0 saturated carbocycles. The van der Waals surface area contributed by atoms with Crippen LogP contribution in [0, 0.1) is 5.92 Å². The Hall–Kier alpha value is -1.68. The number of ketones is 1. The molecule has 1 unspecified atom stereocenters. The Balaban J connectivity index is 2.75. The second-order valence-corrected chi connectivity index (χ2v) is 4.02. The fraction of sp³-hybridized carbons (Fsp3) is 0.385. The van der Waals surface area contributed by atoms with Crippen LogP contribution in [-0.4, -0.2) is 22.9 Å². The Morgan fingerprint density at radius 1 is 1.29 bits per heavy atom. The van der Waals surface area contributed by atoms with E-state index in [-0.39, 0.29) is 18.1 Å². The summed E-state index contributed by atoms with van der Waals surface area (Å²) in [7, 11) is 0. The molecule has 1 aromatic carbocycles. The van der Waals surface area contributed by atoms with Crippen LogP contribution in [0.5, 0.6) is 0 Å². The van der Waals surface area contributed by atoms with Crippen LogP contribution in [0.25, 0.3) is 0 Å². The van der Waals surface area contributed by atoms with Crippen molar-refractivity contribution in [3.05, 3.63) is 35.9 Å². The third-order valence-electron chi connectivity index (χ3n) is 2.78. The quantitative estimate of drug-likeness (QED) is 0.735. The van der Waals surface area contributed by atoms with Gasteiger partial charge in [-0.05, 0) is 12.8 Å². The zero-order valence-electron chi connectivity index (χ0n) is 9.80. The van der Waals surface area contributed by atoms with Gasteiger partial charge in [0.1, 0.15) is 6.04 Å². The Bertz CT molecular complexity index is 389. The lowest BCUT2D eigenvalue weighted by Gasteiger charge is -2.16. The van der Waals surface area contributed by atoms with Crippen molar-refractivity contribution in [2.75, 3.05) is 0 Å². The molecule has 0 radical (unpaired) electrons. The molecule has 4 heteroatoms. The van der Waals surface area contributed by atoms with Crippen LogP contribution in [-0.2, 0) is 4.79 Å². The Morgan fingerprint density at radius 2 is 1.88 bits per heavy atom. The normalized spacial score (nSPS) is 14.0. The molecule has 0 fully saturated rings. The van der Waals surface area contributed by atoms with Gasteiger partial charge in [-0.1, -0.05) is 37.3 Å². The van der Waals surface area contributed by atoms with Crippen molar-refractivity contribution in [2.45, 2.75) is 25.8 Å². The van der Waals surface area contributed by atoms with E-state index in [4.69, 9.17) is 10.8 Å². The van der Waals surface area contributed by atoms with Crippen molar-refractivity contribution in [3.8, 4) is 0 Å². The number of hydrogen-bond donors (Lipinski definition) is 2. The minimum Gasteiger partial charge on any atom is -0.480 e. The predicted octanol–water partition coefficient (Wildman–Crippen LogP) is 1.70. The van der Waals surface area contributed by atoms with Gasteiger partial charge in [-0.15, -0.1) is 0 Å². The highest BCUT2D eigenvalue weighted by Gasteiger charge is 2.23. The third-order valence-corrected chi connectivity index (χ3v) is 2.78. The molecule has 1 aromatic rings. The standard InChI is InChI=1S/C13H17NO3/c1-2-9(8-11(14)13(16)17)12(15)10-6-4-3-5-7-10/h3-7,9,11H,2,8,14H2,1H3,(H,16,17)/t9?,11-/m0/s1. The number of carbonyl (C=O) groups excluding carboxylic acids is 1. The Morgan fingerprint density at radius 3 is 2.35 bits per heavy atom. The molecule has 0 heterocycles. The van der Waals surface area contributed by atoms with Crippen LogP contribution in [0.3, 0.4) is 0 Å². The first-order chi connectivity index (χ1) is 8.06. The Labute approximate surface area is 100 Å². The molecular weight excluding hydrogens is 218 g/mol. The van der Waals surface area contributed by atoms with E-state index >= 15 is 0 Å². The van der Waals surface area contributed by atoms with Crippen LogP contribution in [0.15, 0.2) is 30.3 Å². The van der Waals surface area contributed by atoms with E-state index in [9.17, 15) is 9.59 Å². The van der Waals surface area contributed by atoms with Gasteiger partial charge < -0.3 is 10.8 Å². The van der Waals surface area contributed by atoms with E-state index in [1.165, 1.54) is 0 Å². The summed E-state index contributed by atoms with van der Waals surface area (Å²) in [4.78, 5) is 22.8. The SMILES string of the molecule is CCC(C[C@H](N)C(=O)O)C(=O)c1ccccc1. The molecular formula is C13H17NO3. The summed E-state index contributed by atoms with van der Waals surface area (Å²) in [5.41, 5.74) is 6.07. The summed E-state index contributed by atoms with van der Waals surface area (Å²) >= 11 is 0. The minimum absolute atomic E-state index is 0.0372. The molecule has 0 amide bonds. The van der Waals surface area contributed by atoms with Crippen LogP contribution < -0.4 is 5.73 Å². The van der Waals surface area contributed by atoms with Crippen molar-refractivity contribution in [3.63, 3.8) is 0 Å². The van der Waals surface area contributed by atoms with Gasteiger partial charge in [0.15, 0.2) is 5.78 Å². The van der Waals surface area contributed by atoms with E-state index in [0.29, 0.717) is 12.0 Å². The largest absolute Gasteiger partial charge is 0.480 e. The molecule has 0 aliphatic heterocycles. The summed E-state index contributed by atoms with van der Waals surface area (Å²) in [6.45, 7) is 1.86. The van der Waals surface area contributed by atoms with Gasteiger partial charge in [0.2, 0.25) is 0 Å². The number of benzene rings is 1. The molecule has 1 rings (SSSR count). The van der Waals surface area contributed by atoms with E-state index in [2.05, 4.69) is 0 Å². The number of hydrogen-bond acceptors (Lipinski definition) is 3. The highest BCUT2D eigenvalue weighted by Crippen LogP contribution is 2.17. The third kappa shape index (κ3) is 3.67. The number of aliphatic carboxylic acids is 1. The molecule has 3 N–H and O–H groups in total. The van der Waals surface area contributed by atoms with E-state index in [1.54, 1.807) is 24.3 Å². The van der Waals surface area contributed by atoms with Gasteiger partial charge in [-0.2, -0.15) is 0 Å². The molecule has 0 aromatic heterocycles. The van der Waals surface area contributed by atoms with Crippen LogP contribution in [0.1, 0.15) is 30.1 Å². The lowest BCUT2D eigenvalue weighted by molar-refractivity contribution is -0.138. The highest BCUT2D eigenvalue weighted by molar-refractivity contribution is 5.98. The monoisotopic (exact) mass is 235 g/mol. The van der Waals surface area contributed by atoms with Crippen LogP contribution in [0.4, 0.5) is 0 Å². The van der Waals surface area contributed by atoms with Crippen molar-refractivity contribution in [2.24, 2.45) is 11.7 Å². The second kappa shape index (κ2) is 6.15. The zero-order valence-corrected chi connectivity index (χ0v) is 9.80. The summed E-state index contributed by atoms with van der Waals surface area (Å²) in [6.07, 6.45) is 0.772. The number of carboxylic acid groups (broad SMARTS) is 1. The first-order valence-corrected chi connectivity index (χ1v) is 5.64. The maximum Gasteiger partial charge on any atom is 0.320 e. The summed E-state index contributed by atoms with van der Waals surface area (Å²) < 4.78 is 0. The number of carbonyl (C=O) groups is 2. The van der Waals surface area contributed by atoms with E-state index < -0.39 is 12.0 Å². The predicted molar refractivity (Wildman–Crippen MR) is 64.8 cm³/mol. The topological polar surface area (TPSA) is 80.4 Å². The average Bonchev–Trinajstić information content (AvgIpc) is 2.35. The zero-order chi connectivity index (χ0) is 12.8. The van der Waals surface area contributed by atoms with Gasteiger partial charge in [-0.25, -0.2) is 0 Å². The molecule has 0 bridgehead atoms. The molecule has 0 saturated heterocycles. The molecule has 0 aliphatic rings. The summed E-state index contributed by atoms with van der Waals surface area (Å²) in [6, 6.07) is 7.90. The summed E-state index contributed by atoms with van der Waals surface area (Å²) in [5, 5.41) is 8.74. The first kappa shape index (κ1) is 13.4. The van der Waals surface area contributed by atoms with E-state index in [0.717, 1.165) is 0 Å². The smallest absolute Gasteiger partial charge is 0.320 e. The van der Waals surface area contributed by atoms with Crippen molar-refractivity contribution >= 4 is 11.8 Å².